The minimum Gasteiger partial charge on any atom is -0.482 e. The Hall–Kier alpha value is -3.59. The van der Waals surface area contributed by atoms with Crippen molar-refractivity contribution in [3.8, 4) is 17.6 Å². The first-order valence-corrected chi connectivity index (χ1v) is 9.84. The van der Waals surface area contributed by atoms with Crippen molar-refractivity contribution in [2.24, 2.45) is 0 Å². The van der Waals surface area contributed by atoms with E-state index in [0.29, 0.717) is 23.6 Å². The Morgan fingerprint density at radius 2 is 1.87 bits per heavy atom. The zero-order chi connectivity index (χ0) is 21.9. The molecule has 30 heavy (non-hydrogen) atoms. The molecule has 0 radical (unpaired) electrons. The van der Waals surface area contributed by atoms with Gasteiger partial charge in [0.15, 0.2) is 6.61 Å². The van der Waals surface area contributed by atoms with Gasteiger partial charge in [-0.2, -0.15) is 5.26 Å². The number of hydrogen-bond donors (Lipinski definition) is 1. The number of esters is 1. The van der Waals surface area contributed by atoms with Gasteiger partial charge in [0.05, 0.1) is 0 Å². The van der Waals surface area contributed by atoms with Crippen LogP contribution in [0.2, 0.25) is 0 Å². The Morgan fingerprint density at radius 1 is 1.13 bits per heavy atom. The molecule has 0 bridgehead atoms. The van der Waals surface area contributed by atoms with Crippen LogP contribution in [0.25, 0.3) is 6.08 Å². The Bertz CT molecular complexity index is 956. The summed E-state index contributed by atoms with van der Waals surface area (Å²) in [6, 6.07) is 14.1. The Kier molecular flexibility index (Phi) is 8.64. The lowest BCUT2D eigenvalue weighted by atomic mass is 10.1. The van der Waals surface area contributed by atoms with Crippen LogP contribution in [0.1, 0.15) is 36.5 Å². The SMILES string of the molecule is CCCCNC(=O)/C(C#N)=C/c1ccc(OC(=O)COc2cccc(C)c2C)cc1. The van der Waals surface area contributed by atoms with Crippen molar-refractivity contribution < 1.29 is 19.1 Å². The molecule has 6 nitrogen and oxygen atoms in total. The number of hydrogen-bond acceptors (Lipinski definition) is 5. The van der Waals surface area contributed by atoms with Gasteiger partial charge in [0, 0.05) is 6.54 Å². The van der Waals surface area contributed by atoms with E-state index < -0.39 is 11.9 Å². The maximum Gasteiger partial charge on any atom is 0.349 e. The van der Waals surface area contributed by atoms with Gasteiger partial charge >= 0.3 is 5.97 Å². The number of carbonyl (C=O) groups excluding carboxylic acids is 2. The predicted molar refractivity (Wildman–Crippen MR) is 115 cm³/mol. The summed E-state index contributed by atoms with van der Waals surface area (Å²) >= 11 is 0. The van der Waals surface area contributed by atoms with Crippen LogP contribution >= 0.6 is 0 Å². The summed E-state index contributed by atoms with van der Waals surface area (Å²) < 4.78 is 10.8. The van der Waals surface area contributed by atoms with Crippen LogP contribution in [-0.2, 0) is 9.59 Å². The highest BCUT2D eigenvalue weighted by Crippen LogP contribution is 2.21. The molecule has 2 rings (SSSR count). The van der Waals surface area contributed by atoms with Crippen molar-refractivity contribution in [3.63, 3.8) is 0 Å². The molecule has 0 heterocycles. The third kappa shape index (κ3) is 6.78. The topological polar surface area (TPSA) is 88.4 Å². The summed E-state index contributed by atoms with van der Waals surface area (Å²) in [5.74, 6) is 0.0820. The van der Waals surface area contributed by atoms with Gasteiger partial charge in [0.1, 0.15) is 23.1 Å². The molecule has 0 unspecified atom stereocenters. The first-order valence-electron chi connectivity index (χ1n) is 9.84. The molecule has 2 aromatic carbocycles. The second-order valence-electron chi connectivity index (χ2n) is 6.81. The largest absolute Gasteiger partial charge is 0.482 e. The van der Waals surface area contributed by atoms with E-state index in [2.05, 4.69) is 5.32 Å². The van der Waals surface area contributed by atoms with Crippen LogP contribution in [0.15, 0.2) is 48.0 Å². The van der Waals surface area contributed by atoms with Crippen LogP contribution in [-0.4, -0.2) is 25.0 Å². The van der Waals surface area contributed by atoms with E-state index in [1.807, 2.05) is 45.0 Å². The van der Waals surface area contributed by atoms with Gasteiger partial charge in [-0.25, -0.2) is 4.79 Å². The number of nitrogens with one attached hydrogen (secondary N) is 1. The number of unbranched alkanes of at least 4 members (excludes halogenated alkanes) is 1. The van der Waals surface area contributed by atoms with Crippen LogP contribution in [0.4, 0.5) is 0 Å². The fraction of sp³-hybridized carbons (Fsp3) is 0.292. The van der Waals surface area contributed by atoms with Crippen LogP contribution in [0.3, 0.4) is 0 Å². The summed E-state index contributed by atoms with van der Waals surface area (Å²) in [7, 11) is 0. The van der Waals surface area contributed by atoms with Gasteiger partial charge in [0.25, 0.3) is 5.91 Å². The molecule has 0 saturated carbocycles. The fourth-order valence-corrected chi connectivity index (χ4v) is 2.60. The van der Waals surface area contributed by atoms with E-state index in [1.54, 1.807) is 24.3 Å². The molecule has 0 atom stereocenters. The van der Waals surface area contributed by atoms with Gasteiger partial charge in [-0.15, -0.1) is 0 Å². The average Bonchev–Trinajstić information content (AvgIpc) is 2.74. The molecule has 0 spiro atoms. The summed E-state index contributed by atoms with van der Waals surface area (Å²) in [4.78, 5) is 24.1. The highest BCUT2D eigenvalue weighted by molar-refractivity contribution is 6.01. The Morgan fingerprint density at radius 3 is 2.53 bits per heavy atom. The van der Waals surface area contributed by atoms with Gasteiger partial charge in [-0.3, -0.25) is 4.79 Å². The number of nitriles is 1. The van der Waals surface area contributed by atoms with E-state index in [4.69, 9.17) is 9.47 Å². The second-order valence-corrected chi connectivity index (χ2v) is 6.81. The number of carbonyl (C=O) groups is 2. The molecule has 0 aromatic heterocycles. The first-order chi connectivity index (χ1) is 14.4. The Balaban J connectivity index is 1.93. The molecule has 0 saturated heterocycles. The summed E-state index contributed by atoms with van der Waals surface area (Å²) in [6.45, 7) is 6.26. The number of nitrogens with zero attached hydrogens (tertiary/aromatic N) is 1. The van der Waals surface area contributed by atoms with E-state index in [-0.39, 0.29) is 12.2 Å². The molecule has 0 aliphatic rings. The number of rotatable bonds is 9. The Labute approximate surface area is 177 Å². The molecule has 0 aliphatic heterocycles. The lowest BCUT2D eigenvalue weighted by Crippen LogP contribution is -2.25. The summed E-state index contributed by atoms with van der Waals surface area (Å²) in [5, 5.41) is 11.9. The molecule has 0 fully saturated rings. The lowest BCUT2D eigenvalue weighted by Gasteiger charge is -2.10. The standard InChI is InChI=1S/C24H26N2O4/c1-4-5-13-26-24(28)20(15-25)14-19-9-11-21(12-10-19)30-23(27)16-29-22-8-6-7-17(2)18(22)3/h6-12,14H,4-5,13,16H2,1-3H3,(H,26,28)/b20-14+. The monoisotopic (exact) mass is 406 g/mol. The van der Waals surface area contributed by atoms with Gasteiger partial charge < -0.3 is 14.8 Å². The molecule has 1 amide bonds. The second kappa shape index (κ2) is 11.4. The number of amides is 1. The van der Waals surface area contributed by atoms with Crippen molar-refractivity contribution in [1.82, 2.24) is 5.32 Å². The van der Waals surface area contributed by atoms with Crippen molar-refractivity contribution in [2.75, 3.05) is 13.2 Å². The molecular weight excluding hydrogens is 380 g/mol. The fourth-order valence-electron chi connectivity index (χ4n) is 2.60. The zero-order valence-electron chi connectivity index (χ0n) is 17.5. The maximum absolute atomic E-state index is 12.1. The maximum atomic E-state index is 12.1. The van der Waals surface area contributed by atoms with Crippen molar-refractivity contribution in [1.29, 1.82) is 5.26 Å². The molecular formula is C24H26N2O4. The summed E-state index contributed by atoms with van der Waals surface area (Å²) in [6.07, 6.45) is 3.32. The average molecular weight is 406 g/mol. The zero-order valence-corrected chi connectivity index (χ0v) is 17.5. The minimum atomic E-state index is -0.521. The molecule has 1 N–H and O–H groups in total. The predicted octanol–water partition coefficient (Wildman–Crippen LogP) is 4.11. The highest BCUT2D eigenvalue weighted by atomic mass is 16.6. The van der Waals surface area contributed by atoms with Crippen LogP contribution in [0.5, 0.6) is 11.5 Å². The van der Waals surface area contributed by atoms with Crippen molar-refractivity contribution >= 4 is 18.0 Å². The van der Waals surface area contributed by atoms with Crippen LogP contribution < -0.4 is 14.8 Å². The van der Waals surface area contributed by atoms with E-state index in [0.717, 1.165) is 24.0 Å². The number of aryl methyl sites for hydroxylation is 1. The normalized spacial score (nSPS) is 10.8. The highest BCUT2D eigenvalue weighted by Gasteiger charge is 2.10. The summed E-state index contributed by atoms with van der Waals surface area (Å²) in [5.41, 5.74) is 2.75. The van der Waals surface area contributed by atoms with Crippen molar-refractivity contribution in [2.45, 2.75) is 33.6 Å². The van der Waals surface area contributed by atoms with Crippen LogP contribution in [0, 0.1) is 25.2 Å². The van der Waals surface area contributed by atoms with Gasteiger partial charge in [0.2, 0.25) is 0 Å². The lowest BCUT2D eigenvalue weighted by molar-refractivity contribution is -0.136. The number of ether oxygens (including phenoxy) is 2. The van der Waals surface area contributed by atoms with E-state index in [9.17, 15) is 14.9 Å². The van der Waals surface area contributed by atoms with Gasteiger partial charge in [-0.05, 0) is 61.2 Å². The molecule has 156 valence electrons. The molecule has 0 aliphatic carbocycles. The molecule has 6 heteroatoms. The van der Waals surface area contributed by atoms with E-state index >= 15 is 0 Å². The third-order valence-electron chi connectivity index (χ3n) is 4.50. The first kappa shape index (κ1) is 22.7. The van der Waals surface area contributed by atoms with Crippen molar-refractivity contribution in [3.05, 3.63) is 64.7 Å². The minimum absolute atomic E-state index is 0.0257. The van der Waals surface area contributed by atoms with Gasteiger partial charge in [-0.1, -0.05) is 37.6 Å². The van der Waals surface area contributed by atoms with E-state index in [1.165, 1.54) is 6.08 Å². The quantitative estimate of drug-likeness (QED) is 0.223. The smallest absolute Gasteiger partial charge is 0.349 e. The number of benzene rings is 2. The third-order valence-corrected chi connectivity index (χ3v) is 4.50. The molecule has 2 aromatic rings.